The number of hydrogen-bond acceptors (Lipinski definition) is 4. The minimum atomic E-state index is -4.46. The Labute approximate surface area is 117 Å². The summed E-state index contributed by atoms with van der Waals surface area (Å²) in [5.41, 5.74) is 0.277. The molecule has 0 heterocycles. The smallest absolute Gasteiger partial charge is 0.282 e. The van der Waals surface area contributed by atoms with Gasteiger partial charge in [-0.05, 0) is 36.8 Å². The van der Waals surface area contributed by atoms with Gasteiger partial charge < -0.3 is 0 Å². The lowest BCUT2D eigenvalue weighted by Crippen LogP contribution is -2.06. The van der Waals surface area contributed by atoms with E-state index in [-0.39, 0.29) is 15.4 Å². The Hall–Kier alpha value is -1.70. The number of hydrogen-bond donors (Lipinski definition) is 1. The van der Waals surface area contributed by atoms with Gasteiger partial charge in [0.15, 0.2) is 0 Å². The molecular weight excluding hydrogens is 300 g/mol. The van der Waals surface area contributed by atoms with Crippen molar-refractivity contribution in [1.82, 2.24) is 0 Å². The highest BCUT2D eigenvalue weighted by Crippen LogP contribution is 2.25. The van der Waals surface area contributed by atoms with Crippen LogP contribution in [-0.4, -0.2) is 21.4 Å². The molecule has 0 aliphatic carbocycles. The van der Waals surface area contributed by atoms with E-state index in [4.69, 9.17) is 4.55 Å². The van der Waals surface area contributed by atoms with Crippen molar-refractivity contribution >= 4 is 20.0 Å². The molecule has 0 saturated carbocycles. The van der Waals surface area contributed by atoms with Gasteiger partial charge in [-0.15, -0.1) is 0 Å². The highest BCUT2D eigenvalue weighted by Gasteiger charge is 2.21. The van der Waals surface area contributed by atoms with Gasteiger partial charge in [-0.1, -0.05) is 24.3 Å². The second-order valence-electron chi connectivity index (χ2n) is 4.22. The Morgan fingerprint density at radius 1 is 0.850 bits per heavy atom. The van der Waals surface area contributed by atoms with E-state index in [1.807, 2.05) is 0 Å². The average Bonchev–Trinajstić information content (AvgIpc) is 2.38. The normalized spacial score (nSPS) is 12.3. The van der Waals surface area contributed by atoms with Crippen molar-refractivity contribution in [1.29, 1.82) is 0 Å². The van der Waals surface area contributed by atoms with Gasteiger partial charge in [0.05, 0.1) is 14.7 Å². The fraction of sp³-hybridized carbons (Fsp3) is 0.0769. The highest BCUT2D eigenvalue weighted by molar-refractivity contribution is 7.91. The van der Waals surface area contributed by atoms with E-state index in [1.54, 1.807) is 18.2 Å². The maximum Gasteiger partial charge on any atom is 0.294 e. The summed E-state index contributed by atoms with van der Waals surface area (Å²) in [6.45, 7) is 1.47. The molecule has 0 unspecified atom stereocenters. The standard InChI is InChI=1S/C13H12O5S2/c1-10-7-8-12(9-13(10)20(16,17)18)19(14,15)11-5-3-2-4-6-11/h2-9H,1H3,(H,16,17,18). The zero-order valence-corrected chi connectivity index (χ0v) is 12.1. The van der Waals surface area contributed by atoms with E-state index in [2.05, 4.69) is 0 Å². The minimum Gasteiger partial charge on any atom is -0.282 e. The minimum absolute atomic E-state index is 0.0603. The quantitative estimate of drug-likeness (QED) is 0.877. The summed E-state index contributed by atoms with van der Waals surface area (Å²) >= 11 is 0. The lowest BCUT2D eigenvalue weighted by atomic mass is 10.2. The zero-order chi connectivity index (χ0) is 15.0. The Morgan fingerprint density at radius 3 is 2.00 bits per heavy atom. The second-order valence-corrected chi connectivity index (χ2v) is 7.56. The SMILES string of the molecule is Cc1ccc(S(=O)(=O)c2ccccc2)cc1S(=O)(=O)O. The molecule has 2 aromatic carbocycles. The van der Waals surface area contributed by atoms with E-state index in [0.29, 0.717) is 0 Å². The van der Waals surface area contributed by atoms with Gasteiger partial charge in [0.2, 0.25) is 9.84 Å². The molecule has 0 amide bonds. The van der Waals surface area contributed by atoms with Crippen molar-refractivity contribution < 1.29 is 21.4 Å². The van der Waals surface area contributed by atoms with Gasteiger partial charge in [0.1, 0.15) is 0 Å². The Morgan fingerprint density at radius 2 is 1.45 bits per heavy atom. The van der Waals surface area contributed by atoms with Crippen molar-refractivity contribution in [3.63, 3.8) is 0 Å². The molecule has 0 aliphatic heterocycles. The van der Waals surface area contributed by atoms with Crippen LogP contribution >= 0.6 is 0 Å². The van der Waals surface area contributed by atoms with Gasteiger partial charge in [-0.2, -0.15) is 8.42 Å². The number of sulfone groups is 1. The topological polar surface area (TPSA) is 88.5 Å². The Kier molecular flexibility index (Phi) is 3.68. The molecule has 0 aromatic heterocycles. The van der Waals surface area contributed by atoms with E-state index in [1.165, 1.54) is 31.2 Å². The lowest BCUT2D eigenvalue weighted by molar-refractivity contribution is 0.482. The summed E-state index contributed by atoms with van der Waals surface area (Å²) < 4.78 is 56.3. The van der Waals surface area contributed by atoms with Gasteiger partial charge in [0.25, 0.3) is 10.1 Å². The third-order valence-corrected chi connectivity index (χ3v) is 5.56. The maximum atomic E-state index is 12.3. The number of aryl methyl sites for hydroxylation is 1. The van der Waals surface area contributed by atoms with Crippen molar-refractivity contribution in [2.24, 2.45) is 0 Å². The van der Waals surface area contributed by atoms with Crippen LogP contribution in [0.2, 0.25) is 0 Å². The molecule has 0 saturated heterocycles. The second kappa shape index (κ2) is 5.01. The van der Waals surface area contributed by atoms with E-state index in [0.717, 1.165) is 6.07 Å². The monoisotopic (exact) mass is 312 g/mol. The molecule has 2 rings (SSSR count). The van der Waals surface area contributed by atoms with E-state index < -0.39 is 24.9 Å². The van der Waals surface area contributed by atoms with Crippen molar-refractivity contribution in [2.45, 2.75) is 21.6 Å². The van der Waals surface area contributed by atoms with Crippen LogP contribution in [0.1, 0.15) is 5.56 Å². The Balaban J connectivity index is 2.66. The fourth-order valence-electron chi connectivity index (χ4n) is 1.76. The predicted octanol–water partition coefficient (Wildman–Crippen LogP) is 2.07. The van der Waals surface area contributed by atoms with Crippen LogP contribution in [-0.2, 0) is 20.0 Å². The lowest BCUT2D eigenvalue weighted by Gasteiger charge is -2.08. The zero-order valence-electron chi connectivity index (χ0n) is 10.5. The van der Waals surface area contributed by atoms with Crippen LogP contribution in [0.5, 0.6) is 0 Å². The summed E-state index contributed by atoms with van der Waals surface area (Å²) in [4.78, 5) is -0.526. The molecule has 20 heavy (non-hydrogen) atoms. The average molecular weight is 312 g/mol. The predicted molar refractivity (Wildman–Crippen MR) is 72.9 cm³/mol. The number of rotatable bonds is 3. The first-order valence-electron chi connectivity index (χ1n) is 5.61. The van der Waals surface area contributed by atoms with Crippen LogP contribution in [0.3, 0.4) is 0 Å². The van der Waals surface area contributed by atoms with Crippen LogP contribution in [0.4, 0.5) is 0 Å². The van der Waals surface area contributed by atoms with Crippen molar-refractivity contribution in [2.75, 3.05) is 0 Å². The fourth-order valence-corrected chi connectivity index (χ4v) is 3.89. The van der Waals surface area contributed by atoms with Gasteiger partial charge in [-0.3, -0.25) is 4.55 Å². The first-order chi connectivity index (χ1) is 9.23. The van der Waals surface area contributed by atoms with Gasteiger partial charge in [-0.25, -0.2) is 8.42 Å². The van der Waals surface area contributed by atoms with Crippen molar-refractivity contribution in [3.05, 3.63) is 54.1 Å². The molecule has 106 valence electrons. The van der Waals surface area contributed by atoms with E-state index >= 15 is 0 Å². The first-order valence-corrected chi connectivity index (χ1v) is 8.53. The molecule has 0 spiro atoms. The van der Waals surface area contributed by atoms with Gasteiger partial charge in [0, 0.05) is 0 Å². The molecule has 0 fully saturated rings. The van der Waals surface area contributed by atoms with E-state index in [9.17, 15) is 16.8 Å². The summed E-state index contributed by atoms with van der Waals surface area (Å²) in [6.07, 6.45) is 0. The van der Waals surface area contributed by atoms with Crippen LogP contribution in [0.25, 0.3) is 0 Å². The molecule has 0 aliphatic rings. The summed E-state index contributed by atoms with van der Waals surface area (Å²) in [6, 6.07) is 11.3. The number of benzene rings is 2. The summed E-state index contributed by atoms with van der Waals surface area (Å²) in [7, 11) is -8.28. The van der Waals surface area contributed by atoms with Gasteiger partial charge >= 0.3 is 0 Å². The largest absolute Gasteiger partial charge is 0.294 e. The molecule has 7 heteroatoms. The molecule has 0 bridgehead atoms. The highest BCUT2D eigenvalue weighted by atomic mass is 32.2. The summed E-state index contributed by atoms with van der Waals surface area (Å²) in [5.74, 6) is 0. The third-order valence-electron chi connectivity index (χ3n) is 2.80. The van der Waals surface area contributed by atoms with Crippen LogP contribution < -0.4 is 0 Å². The molecule has 2 aromatic rings. The molecular formula is C13H12O5S2. The molecule has 1 N–H and O–H groups in total. The molecule has 5 nitrogen and oxygen atoms in total. The maximum absolute atomic E-state index is 12.3. The first kappa shape index (κ1) is 14.7. The van der Waals surface area contributed by atoms with Crippen LogP contribution in [0.15, 0.2) is 63.2 Å². The van der Waals surface area contributed by atoms with Crippen LogP contribution in [0, 0.1) is 6.92 Å². The Bertz CT molecular complexity index is 838. The van der Waals surface area contributed by atoms with Crippen molar-refractivity contribution in [3.8, 4) is 0 Å². The molecule has 0 atom stereocenters. The third kappa shape index (κ3) is 2.74. The summed E-state index contributed by atoms with van der Waals surface area (Å²) in [5, 5.41) is 0. The molecule has 0 radical (unpaired) electrons.